The van der Waals surface area contributed by atoms with Crippen LogP contribution in [0, 0.1) is 0 Å². The Hall–Kier alpha value is -0.770. The van der Waals surface area contributed by atoms with Gasteiger partial charge in [-0.15, -0.1) is 5.06 Å². The molecule has 0 aromatic rings. The van der Waals surface area contributed by atoms with E-state index in [1.807, 2.05) is 0 Å². The molecule has 0 saturated carbocycles. The van der Waals surface area contributed by atoms with Crippen LogP contribution in [0.4, 0.5) is 4.79 Å². The first kappa shape index (κ1) is 18.3. The van der Waals surface area contributed by atoms with Crippen molar-refractivity contribution in [1.82, 2.24) is 5.06 Å². The zero-order valence-corrected chi connectivity index (χ0v) is 13.9. The van der Waals surface area contributed by atoms with E-state index < -0.39 is 6.16 Å². The maximum absolute atomic E-state index is 11.8. The summed E-state index contributed by atoms with van der Waals surface area (Å²) in [5.74, 6) is 0. The van der Waals surface area contributed by atoms with E-state index >= 15 is 0 Å². The Balaban J connectivity index is 2.09. The number of unbranched alkanes of at least 4 members (excludes halogenated alkanes) is 5. The molecule has 1 heterocycles. The molecule has 1 aliphatic rings. The van der Waals surface area contributed by atoms with Crippen molar-refractivity contribution >= 4 is 6.16 Å². The summed E-state index contributed by atoms with van der Waals surface area (Å²) < 4.78 is 5.43. The first-order valence-corrected chi connectivity index (χ1v) is 8.89. The number of carbonyl (C=O) groups excluding carboxylic acids is 1. The molecule has 4 heteroatoms. The van der Waals surface area contributed by atoms with Crippen molar-refractivity contribution in [3.63, 3.8) is 0 Å². The fraction of sp³-hybridized carbons (Fsp3) is 0.941. The maximum Gasteiger partial charge on any atom is 0.528 e. The van der Waals surface area contributed by atoms with Gasteiger partial charge >= 0.3 is 6.16 Å². The summed E-state index contributed by atoms with van der Waals surface area (Å²) in [6.45, 7) is 5.97. The number of hydrogen-bond acceptors (Lipinski definition) is 4. The summed E-state index contributed by atoms with van der Waals surface area (Å²) in [4.78, 5) is 17.0. The van der Waals surface area contributed by atoms with Gasteiger partial charge in [-0.2, -0.15) is 0 Å². The summed E-state index contributed by atoms with van der Waals surface area (Å²) >= 11 is 0. The molecule has 124 valence electrons. The van der Waals surface area contributed by atoms with E-state index in [4.69, 9.17) is 9.57 Å². The van der Waals surface area contributed by atoms with E-state index in [1.165, 1.54) is 38.5 Å². The number of nitrogens with zero attached hydrogens (tertiary/aromatic N) is 1. The van der Waals surface area contributed by atoms with E-state index in [9.17, 15) is 4.79 Å². The quantitative estimate of drug-likeness (QED) is 0.417. The highest BCUT2D eigenvalue weighted by Gasteiger charge is 2.19. The molecule has 0 amide bonds. The summed E-state index contributed by atoms with van der Waals surface area (Å²) in [5, 5.41) is 1.74. The van der Waals surface area contributed by atoms with E-state index in [2.05, 4.69) is 13.8 Å². The fourth-order valence-electron chi connectivity index (χ4n) is 2.72. The second-order valence-corrected chi connectivity index (χ2v) is 6.04. The molecule has 0 spiro atoms. The van der Waals surface area contributed by atoms with Gasteiger partial charge < -0.3 is 9.57 Å². The standard InChI is InChI=1S/C17H33NO3/c1-3-5-6-7-8-10-13-16(4-2)20-17(19)21-18-14-11-9-12-15-18/h16H,3-15H2,1-2H3. The predicted molar refractivity (Wildman–Crippen MR) is 85.1 cm³/mol. The smallest absolute Gasteiger partial charge is 0.430 e. The van der Waals surface area contributed by atoms with E-state index in [1.54, 1.807) is 5.06 Å². The van der Waals surface area contributed by atoms with E-state index in [0.717, 1.165) is 45.2 Å². The van der Waals surface area contributed by atoms with Crippen molar-refractivity contribution in [2.45, 2.75) is 90.6 Å². The van der Waals surface area contributed by atoms with Gasteiger partial charge in [0, 0.05) is 13.1 Å². The molecule has 1 fully saturated rings. The molecule has 0 aliphatic carbocycles. The summed E-state index contributed by atoms with van der Waals surface area (Å²) in [6.07, 6.45) is 12.3. The second kappa shape index (κ2) is 11.8. The number of ether oxygens (including phenoxy) is 1. The van der Waals surface area contributed by atoms with Crippen LogP contribution >= 0.6 is 0 Å². The highest BCUT2D eigenvalue weighted by molar-refractivity contribution is 5.59. The second-order valence-electron chi connectivity index (χ2n) is 6.04. The van der Waals surface area contributed by atoms with Crippen LogP contribution in [0.5, 0.6) is 0 Å². The molecule has 1 aliphatic heterocycles. The molecule has 0 aromatic heterocycles. The van der Waals surface area contributed by atoms with Crippen molar-refractivity contribution in [2.75, 3.05) is 13.1 Å². The predicted octanol–water partition coefficient (Wildman–Crippen LogP) is 5.07. The van der Waals surface area contributed by atoms with E-state index in [0.29, 0.717) is 0 Å². The van der Waals surface area contributed by atoms with Gasteiger partial charge in [0.15, 0.2) is 0 Å². The molecule has 0 aromatic carbocycles. The third kappa shape index (κ3) is 8.97. The Kier molecular flexibility index (Phi) is 10.3. The Labute approximate surface area is 130 Å². The molecule has 1 saturated heterocycles. The minimum Gasteiger partial charge on any atom is -0.430 e. The lowest BCUT2D eigenvalue weighted by Gasteiger charge is -2.25. The fourth-order valence-corrected chi connectivity index (χ4v) is 2.72. The van der Waals surface area contributed by atoms with Gasteiger partial charge in [0.05, 0.1) is 0 Å². The monoisotopic (exact) mass is 299 g/mol. The lowest BCUT2D eigenvalue weighted by Crippen LogP contribution is -2.33. The SMILES string of the molecule is CCCCCCCCC(CC)OC(=O)ON1CCCCC1. The lowest BCUT2D eigenvalue weighted by atomic mass is 10.1. The third-order valence-electron chi connectivity index (χ3n) is 4.12. The Morgan fingerprint density at radius 3 is 2.33 bits per heavy atom. The van der Waals surface area contributed by atoms with Crippen molar-refractivity contribution in [2.24, 2.45) is 0 Å². The van der Waals surface area contributed by atoms with E-state index in [-0.39, 0.29) is 6.10 Å². The van der Waals surface area contributed by atoms with Gasteiger partial charge in [-0.3, -0.25) is 0 Å². The number of rotatable bonds is 10. The van der Waals surface area contributed by atoms with Crippen LogP contribution in [0.3, 0.4) is 0 Å². The summed E-state index contributed by atoms with van der Waals surface area (Å²) in [5.41, 5.74) is 0. The topological polar surface area (TPSA) is 38.8 Å². The van der Waals surface area contributed by atoms with Crippen LogP contribution in [0.2, 0.25) is 0 Å². The molecule has 21 heavy (non-hydrogen) atoms. The third-order valence-corrected chi connectivity index (χ3v) is 4.12. The van der Waals surface area contributed by atoms with Crippen molar-refractivity contribution < 1.29 is 14.4 Å². The van der Waals surface area contributed by atoms with Crippen LogP contribution in [0.15, 0.2) is 0 Å². The van der Waals surface area contributed by atoms with Crippen molar-refractivity contribution in [3.8, 4) is 0 Å². The van der Waals surface area contributed by atoms with Crippen molar-refractivity contribution in [3.05, 3.63) is 0 Å². The Morgan fingerprint density at radius 2 is 1.67 bits per heavy atom. The molecule has 0 N–H and O–H groups in total. The highest BCUT2D eigenvalue weighted by Crippen LogP contribution is 2.14. The average Bonchev–Trinajstić information content (AvgIpc) is 2.50. The minimum atomic E-state index is -0.519. The lowest BCUT2D eigenvalue weighted by molar-refractivity contribution is -0.144. The van der Waals surface area contributed by atoms with Gasteiger partial charge in [-0.1, -0.05) is 52.4 Å². The minimum absolute atomic E-state index is 0.00784. The summed E-state index contributed by atoms with van der Waals surface area (Å²) in [7, 11) is 0. The Bertz CT molecular complexity index is 265. The average molecular weight is 299 g/mol. The van der Waals surface area contributed by atoms with Crippen LogP contribution in [0.25, 0.3) is 0 Å². The first-order valence-electron chi connectivity index (χ1n) is 8.89. The normalized spacial score (nSPS) is 17.4. The highest BCUT2D eigenvalue weighted by atomic mass is 16.8. The first-order chi connectivity index (χ1) is 10.3. The van der Waals surface area contributed by atoms with Crippen LogP contribution < -0.4 is 0 Å². The summed E-state index contributed by atoms with van der Waals surface area (Å²) in [6, 6.07) is 0. The number of carbonyl (C=O) groups is 1. The van der Waals surface area contributed by atoms with Gasteiger partial charge in [0.1, 0.15) is 6.10 Å². The molecule has 1 rings (SSSR count). The van der Waals surface area contributed by atoms with Gasteiger partial charge in [0.2, 0.25) is 0 Å². The molecular weight excluding hydrogens is 266 g/mol. The van der Waals surface area contributed by atoms with Gasteiger partial charge in [-0.05, 0) is 32.1 Å². The largest absolute Gasteiger partial charge is 0.528 e. The Morgan fingerprint density at radius 1 is 1.00 bits per heavy atom. The zero-order chi connectivity index (χ0) is 15.3. The molecule has 0 radical (unpaired) electrons. The number of hydrogen-bond donors (Lipinski definition) is 0. The van der Waals surface area contributed by atoms with Crippen LogP contribution in [-0.2, 0) is 9.57 Å². The molecule has 0 bridgehead atoms. The van der Waals surface area contributed by atoms with Crippen LogP contribution in [-0.4, -0.2) is 30.4 Å². The number of piperidine rings is 1. The van der Waals surface area contributed by atoms with Gasteiger partial charge in [0.25, 0.3) is 0 Å². The molecule has 4 nitrogen and oxygen atoms in total. The zero-order valence-electron chi connectivity index (χ0n) is 13.9. The molecule has 1 atom stereocenters. The molecular formula is C17H33NO3. The number of hydroxylamine groups is 2. The maximum atomic E-state index is 11.8. The van der Waals surface area contributed by atoms with Crippen LogP contribution in [0.1, 0.15) is 84.5 Å². The van der Waals surface area contributed by atoms with Crippen molar-refractivity contribution in [1.29, 1.82) is 0 Å². The van der Waals surface area contributed by atoms with Gasteiger partial charge in [-0.25, -0.2) is 4.79 Å². The molecule has 1 unspecified atom stereocenters.